The topological polar surface area (TPSA) is 25.9 Å². The van der Waals surface area contributed by atoms with Crippen molar-refractivity contribution in [1.29, 1.82) is 0 Å². The van der Waals surface area contributed by atoms with Crippen molar-refractivity contribution in [2.75, 3.05) is 81.0 Å². The Labute approximate surface area is 274 Å². The van der Waals surface area contributed by atoms with Crippen LogP contribution in [0.3, 0.4) is 0 Å². The molecule has 4 aliphatic heterocycles. The molecule has 44 heavy (non-hydrogen) atoms. The van der Waals surface area contributed by atoms with Gasteiger partial charge >= 0.3 is 0 Å². The first-order valence-electron chi connectivity index (χ1n) is 17.8. The Kier molecular flexibility index (Phi) is 23.0. The molecule has 0 amide bonds. The van der Waals surface area contributed by atoms with Crippen LogP contribution in [0.25, 0.3) is 0 Å². The van der Waals surface area contributed by atoms with Crippen molar-refractivity contribution in [3.05, 3.63) is 49.6 Å². The maximum atomic E-state index is 2.39. The Morgan fingerprint density at radius 1 is 0.341 bits per heavy atom. The highest BCUT2D eigenvalue weighted by atomic mass is 15.3. The van der Waals surface area contributed by atoms with Gasteiger partial charge in [0, 0.05) is 104 Å². The molecule has 0 spiro atoms. The van der Waals surface area contributed by atoms with E-state index in [4.69, 9.17) is 0 Å². The molecule has 0 radical (unpaired) electrons. The maximum Gasteiger partial charge on any atom is 0.0890 e. The summed E-state index contributed by atoms with van der Waals surface area (Å²) in [5, 5.41) is 0. The van der Waals surface area contributed by atoms with Crippen molar-refractivity contribution >= 4 is 0 Å². The van der Waals surface area contributed by atoms with E-state index in [-0.39, 0.29) is 0 Å². The summed E-state index contributed by atoms with van der Waals surface area (Å²) in [5.41, 5.74) is 0. The Morgan fingerprint density at radius 2 is 0.636 bits per heavy atom. The molecule has 0 saturated carbocycles. The molecule has 0 aromatic carbocycles. The van der Waals surface area contributed by atoms with Gasteiger partial charge in [-0.1, -0.05) is 78.6 Å². The average molecular weight is 617 g/mol. The molecule has 0 atom stereocenters. The largest absolute Gasteiger partial charge is 0.362 e. The van der Waals surface area contributed by atoms with Crippen LogP contribution in [0.1, 0.15) is 105 Å². The fraction of sp³-hybridized carbons (Fsp3) is 0.778. The van der Waals surface area contributed by atoms with Crippen LogP contribution in [-0.2, 0) is 0 Å². The number of hydrogen-bond acceptors (Lipinski definition) is 8. The van der Waals surface area contributed by atoms with Gasteiger partial charge in [0.15, 0.2) is 0 Å². The van der Waals surface area contributed by atoms with Gasteiger partial charge in [0.05, 0.1) is 26.7 Å². The minimum absolute atomic E-state index is 1.05. The highest BCUT2D eigenvalue weighted by Gasteiger charge is 2.08. The molecular formula is C36H72N8. The van der Waals surface area contributed by atoms with E-state index in [9.17, 15) is 0 Å². The van der Waals surface area contributed by atoms with Crippen molar-refractivity contribution < 1.29 is 0 Å². The van der Waals surface area contributed by atoms with E-state index in [0.717, 1.165) is 33.2 Å². The van der Waals surface area contributed by atoms with Crippen LogP contribution in [0.5, 0.6) is 0 Å². The number of rotatable bonds is 16. The Morgan fingerprint density at radius 3 is 0.932 bits per heavy atom. The quantitative estimate of drug-likeness (QED) is 0.165. The monoisotopic (exact) mass is 617 g/mol. The number of unbranched alkanes of at least 4 members (excludes halogenated alkanes) is 9. The first-order chi connectivity index (χ1) is 21.3. The van der Waals surface area contributed by atoms with Gasteiger partial charge in [-0.3, -0.25) is 0 Å². The minimum Gasteiger partial charge on any atom is -0.362 e. The summed E-state index contributed by atoms with van der Waals surface area (Å²) in [4.78, 5) is 18.1. The summed E-state index contributed by atoms with van der Waals surface area (Å²) in [6.45, 7) is 17.9. The van der Waals surface area contributed by atoms with Crippen LogP contribution in [0.15, 0.2) is 49.6 Å². The fourth-order valence-corrected chi connectivity index (χ4v) is 5.19. The summed E-state index contributed by atoms with van der Waals surface area (Å²) in [7, 11) is 8.41. The standard InChI is InChI=1S/C12H24N2.C10H20N2.C8H16N2.C6H12N2/c1-3-4-5-6-7-8-9-14-11-10-13(2)12-14;1-3-4-5-6-7-12-9-8-11(2)10-12;1-3-4-5-10-7-6-9(2)8-10;1-3-8-5-4-7(2)6-8/h10-11H,3-9,12H2,1-2H3;8-9H,3-7,10H2,1-2H3;6-7H,3-5,8H2,1-2H3;4-5H,3,6H2,1-2H3. The third kappa shape index (κ3) is 20.3. The Hall–Kier alpha value is -2.64. The normalized spacial score (nSPS) is 16.5. The number of hydrogen-bond donors (Lipinski definition) is 0. The van der Waals surface area contributed by atoms with E-state index in [2.05, 4.69) is 145 Å². The van der Waals surface area contributed by atoms with E-state index in [1.54, 1.807) is 0 Å². The second-order valence-electron chi connectivity index (χ2n) is 12.8. The van der Waals surface area contributed by atoms with Crippen molar-refractivity contribution in [2.45, 2.75) is 105 Å². The van der Waals surface area contributed by atoms with Crippen LogP contribution in [0.2, 0.25) is 0 Å². The molecule has 0 N–H and O–H groups in total. The molecular weight excluding hydrogens is 544 g/mol. The van der Waals surface area contributed by atoms with Crippen LogP contribution in [-0.4, -0.2) is 120 Å². The van der Waals surface area contributed by atoms with Crippen molar-refractivity contribution in [3.63, 3.8) is 0 Å². The van der Waals surface area contributed by atoms with Crippen LogP contribution >= 0.6 is 0 Å². The van der Waals surface area contributed by atoms with Gasteiger partial charge in [0.1, 0.15) is 0 Å². The van der Waals surface area contributed by atoms with E-state index >= 15 is 0 Å². The zero-order valence-corrected chi connectivity index (χ0v) is 30.3. The van der Waals surface area contributed by atoms with Crippen LogP contribution < -0.4 is 0 Å². The second-order valence-corrected chi connectivity index (χ2v) is 12.8. The summed E-state index contributed by atoms with van der Waals surface area (Å²) in [6.07, 6.45) is 33.5. The third-order valence-electron chi connectivity index (χ3n) is 8.05. The summed E-state index contributed by atoms with van der Waals surface area (Å²) >= 11 is 0. The zero-order chi connectivity index (χ0) is 32.4. The van der Waals surface area contributed by atoms with E-state index in [1.807, 2.05) is 0 Å². The molecule has 0 saturated heterocycles. The van der Waals surface area contributed by atoms with Gasteiger partial charge in [0.25, 0.3) is 0 Å². The van der Waals surface area contributed by atoms with Gasteiger partial charge < -0.3 is 39.2 Å². The molecule has 8 heteroatoms. The van der Waals surface area contributed by atoms with Gasteiger partial charge in [0.2, 0.25) is 0 Å². The minimum atomic E-state index is 1.05. The Bertz CT molecular complexity index is 782. The second kappa shape index (κ2) is 25.7. The van der Waals surface area contributed by atoms with Crippen LogP contribution in [0, 0.1) is 0 Å². The van der Waals surface area contributed by atoms with Gasteiger partial charge in [-0.2, -0.15) is 0 Å². The summed E-state index contributed by atoms with van der Waals surface area (Å²) in [6, 6.07) is 0. The predicted molar refractivity (Wildman–Crippen MR) is 192 cm³/mol. The fourth-order valence-electron chi connectivity index (χ4n) is 5.19. The van der Waals surface area contributed by atoms with E-state index < -0.39 is 0 Å². The van der Waals surface area contributed by atoms with E-state index in [1.165, 1.54) is 96.7 Å². The molecule has 0 aliphatic carbocycles. The summed E-state index contributed by atoms with van der Waals surface area (Å²) in [5.74, 6) is 0. The molecule has 8 nitrogen and oxygen atoms in total. The molecule has 4 heterocycles. The molecule has 4 aliphatic rings. The molecule has 0 aromatic heterocycles. The highest BCUT2D eigenvalue weighted by Crippen LogP contribution is 2.09. The highest BCUT2D eigenvalue weighted by molar-refractivity contribution is 4.90. The molecule has 0 fully saturated rings. The summed E-state index contributed by atoms with van der Waals surface area (Å²) < 4.78 is 0. The van der Waals surface area contributed by atoms with Crippen molar-refractivity contribution in [1.82, 2.24) is 39.2 Å². The first kappa shape index (κ1) is 39.4. The zero-order valence-electron chi connectivity index (χ0n) is 30.3. The molecule has 256 valence electrons. The SMILES string of the molecule is CCCCCCCCN1C=CN(C)C1.CCCCCCN1C=CN(C)C1.CCCCN1C=CN(C)C1.CCN1C=CN(C)C1. The molecule has 0 unspecified atom stereocenters. The average Bonchev–Trinajstić information content (AvgIpc) is 3.83. The third-order valence-corrected chi connectivity index (χ3v) is 8.05. The predicted octanol–water partition coefficient (Wildman–Crippen LogP) is 7.41. The first-order valence-corrected chi connectivity index (χ1v) is 17.8. The van der Waals surface area contributed by atoms with Gasteiger partial charge in [-0.15, -0.1) is 0 Å². The maximum absolute atomic E-state index is 2.39. The lowest BCUT2D eigenvalue weighted by Crippen LogP contribution is -2.23. The molecule has 4 rings (SSSR count). The lowest BCUT2D eigenvalue weighted by atomic mass is 10.1. The van der Waals surface area contributed by atoms with Crippen LogP contribution in [0.4, 0.5) is 0 Å². The van der Waals surface area contributed by atoms with E-state index in [0.29, 0.717) is 0 Å². The lowest BCUT2D eigenvalue weighted by molar-refractivity contribution is 0.290. The van der Waals surface area contributed by atoms with Gasteiger partial charge in [-0.05, 0) is 26.2 Å². The smallest absolute Gasteiger partial charge is 0.0890 e. The lowest BCUT2D eigenvalue weighted by Gasteiger charge is -2.17. The molecule has 0 bridgehead atoms. The van der Waals surface area contributed by atoms with Gasteiger partial charge in [-0.25, -0.2) is 0 Å². The molecule has 0 aromatic rings. The Balaban J connectivity index is 0.000000299. The van der Waals surface area contributed by atoms with Crippen molar-refractivity contribution in [3.8, 4) is 0 Å². The number of nitrogens with zero attached hydrogens (tertiary/aromatic N) is 8. The van der Waals surface area contributed by atoms with Crippen molar-refractivity contribution in [2.24, 2.45) is 0 Å².